The van der Waals surface area contributed by atoms with Crippen molar-refractivity contribution in [1.29, 1.82) is 0 Å². The number of nitrogens with two attached hydrogens (primary N) is 1. The van der Waals surface area contributed by atoms with E-state index in [9.17, 15) is 13.2 Å². The molecule has 0 heterocycles. The third kappa shape index (κ3) is 6.56. The van der Waals surface area contributed by atoms with E-state index in [1.165, 1.54) is 31.4 Å². The molecule has 0 aromatic heterocycles. The van der Waals surface area contributed by atoms with E-state index in [1.54, 1.807) is 36.4 Å². The molecule has 12 heteroatoms. The van der Waals surface area contributed by atoms with Crippen molar-refractivity contribution < 1.29 is 17.9 Å². The summed E-state index contributed by atoms with van der Waals surface area (Å²) >= 11 is 17.2. The number of benzene rings is 3. The van der Waals surface area contributed by atoms with Crippen LogP contribution in [0.3, 0.4) is 0 Å². The highest BCUT2D eigenvalue weighted by molar-refractivity contribution is 7.89. The predicted octanol–water partition coefficient (Wildman–Crippen LogP) is 4.71. The van der Waals surface area contributed by atoms with Crippen molar-refractivity contribution in [3.63, 3.8) is 0 Å². The van der Waals surface area contributed by atoms with Crippen LogP contribution >= 0.6 is 35.4 Å². The molecular weight excluding hydrogens is 507 g/mol. The first-order valence-electron chi connectivity index (χ1n) is 9.22. The molecule has 3 aromatic carbocycles. The Kier molecular flexibility index (Phi) is 7.77. The first-order chi connectivity index (χ1) is 15.6. The fourth-order valence-electron chi connectivity index (χ4n) is 2.74. The number of methoxy groups -OCH3 is 1. The molecule has 0 saturated heterocycles. The number of sulfonamides is 1. The molecule has 0 fully saturated rings. The smallest absolute Gasteiger partial charge is 0.255 e. The van der Waals surface area contributed by atoms with Crippen LogP contribution in [0.5, 0.6) is 5.75 Å². The summed E-state index contributed by atoms with van der Waals surface area (Å²) < 4.78 is 28.1. The number of thiocarbonyl (C=S) groups is 1. The van der Waals surface area contributed by atoms with Gasteiger partial charge < -0.3 is 20.7 Å². The van der Waals surface area contributed by atoms with Crippen molar-refractivity contribution in [1.82, 2.24) is 0 Å². The number of nitrogens with one attached hydrogen (secondary N) is 3. The lowest BCUT2D eigenvalue weighted by atomic mass is 10.1. The van der Waals surface area contributed by atoms with Gasteiger partial charge in [0, 0.05) is 16.9 Å². The second-order valence-electron chi connectivity index (χ2n) is 6.65. The fraction of sp³-hybridized carbons (Fsp3) is 0.0476. The number of amides is 1. The molecule has 0 spiro atoms. The Bertz CT molecular complexity index is 1320. The van der Waals surface area contributed by atoms with Gasteiger partial charge in [0.2, 0.25) is 10.0 Å². The van der Waals surface area contributed by atoms with E-state index < -0.39 is 10.0 Å². The molecule has 172 valence electrons. The Morgan fingerprint density at radius 2 is 1.58 bits per heavy atom. The maximum Gasteiger partial charge on any atom is 0.255 e. The van der Waals surface area contributed by atoms with Gasteiger partial charge in [-0.05, 0) is 72.9 Å². The number of hydrogen-bond acceptors (Lipinski definition) is 5. The van der Waals surface area contributed by atoms with E-state index >= 15 is 0 Å². The Morgan fingerprint density at radius 3 is 2.18 bits per heavy atom. The van der Waals surface area contributed by atoms with E-state index in [0.717, 1.165) is 0 Å². The molecule has 33 heavy (non-hydrogen) atoms. The molecule has 0 radical (unpaired) electrons. The summed E-state index contributed by atoms with van der Waals surface area (Å²) in [5.74, 6) is 0.0753. The van der Waals surface area contributed by atoms with E-state index in [2.05, 4.69) is 16.0 Å². The van der Waals surface area contributed by atoms with Crippen molar-refractivity contribution in [2.45, 2.75) is 4.90 Å². The van der Waals surface area contributed by atoms with Gasteiger partial charge in [0.25, 0.3) is 5.91 Å². The maximum absolute atomic E-state index is 12.7. The van der Waals surface area contributed by atoms with Gasteiger partial charge in [0.1, 0.15) is 5.75 Å². The number of ether oxygens (including phenoxy) is 1. The van der Waals surface area contributed by atoms with Gasteiger partial charge in [-0.3, -0.25) is 4.79 Å². The monoisotopic (exact) mass is 524 g/mol. The van der Waals surface area contributed by atoms with E-state index in [1.807, 2.05) is 0 Å². The van der Waals surface area contributed by atoms with Gasteiger partial charge in [0.15, 0.2) is 5.11 Å². The Hall–Kier alpha value is -2.89. The normalized spacial score (nSPS) is 10.9. The highest BCUT2D eigenvalue weighted by atomic mass is 35.5. The molecular formula is C21H18Cl2N4O4S2. The predicted molar refractivity (Wildman–Crippen MR) is 135 cm³/mol. The van der Waals surface area contributed by atoms with Gasteiger partial charge in [-0.15, -0.1) is 0 Å². The first kappa shape index (κ1) is 24.7. The van der Waals surface area contributed by atoms with Crippen LogP contribution in [0, 0.1) is 0 Å². The summed E-state index contributed by atoms with van der Waals surface area (Å²) in [6, 6.07) is 15.3. The zero-order valence-corrected chi connectivity index (χ0v) is 20.2. The van der Waals surface area contributed by atoms with Crippen LogP contribution in [-0.2, 0) is 10.0 Å². The first-order valence-corrected chi connectivity index (χ1v) is 11.9. The lowest BCUT2D eigenvalue weighted by molar-refractivity contribution is 0.102. The largest absolute Gasteiger partial charge is 0.495 e. The third-order valence-electron chi connectivity index (χ3n) is 4.33. The van der Waals surface area contributed by atoms with Crippen LogP contribution in [0.4, 0.5) is 17.1 Å². The van der Waals surface area contributed by atoms with Crippen LogP contribution in [0.1, 0.15) is 10.4 Å². The zero-order valence-electron chi connectivity index (χ0n) is 17.1. The molecule has 0 atom stereocenters. The Balaban J connectivity index is 1.74. The lowest BCUT2D eigenvalue weighted by Crippen LogP contribution is -2.20. The number of halogens is 2. The summed E-state index contributed by atoms with van der Waals surface area (Å²) in [5.41, 5.74) is 1.80. The second kappa shape index (κ2) is 10.4. The molecule has 0 unspecified atom stereocenters. The van der Waals surface area contributed by atoms with Gasteiger partial charge in [-0.25, -0.2) is 13.6 Å². The summed E-state index contributed by atoms with van der Waals surface area (Å²) in [5, 5.41) is 14.6. The molecule has 1 amide bonds. The molecule has 0 aliphatic carbocycles. The van der Waals surface area contributed by atoms with Gasteiger partial charge in [0.05, 0.1) is 27.7 Å². The fourth-order valence-corrected chi connectivity index (χ4v) is 3.78. The molecule has 0 bridgehead atoms. The number of hydrogen-bond donors (Lipinski definition) is 4. The van der Waals surface area contributed by atoms with Gasteiger partial charge >= 0.3 is 0 Å². The molecule has 3 rings (SSSR count). The number of rotatable bonds is 6. The van der Waals surface area contributed by atoms with Gasteiger partial charge in [-0.2, -0.15) is 0 Å². The van der Waals surface area contributed by atoms with Crippen molar-refractivity contribution in [2.75, 3.05) is 23.1 Å². The maximum atomic E-state index is 12.7. The number of carbonyl (C=O) groups is 1. The average Bonchev–Trinajstić information content (AvgIpc) is 2.76. The average molecular weight is 525 g/mol. The molecule has 8 nitrogen and oxygen atoms in total. The Morgan fingerprint density at radius 1 is 0.909 bits per heavy atom. The molecule has 0 saturated carbocycles. The molecule has 5 N–H and O–H groups in total. The molecule has 0 aliphatic rings. The Labute approximate surface area is 206 Å². The minimum Gasteiger partial charge on any atom is -0.495 e. The third-order valence-corrected chi connectivity index (χ3v) is 6.20. The van der Waals surface area contributed by atoms with E-state index in [4.69, 9.17) is 45.3 Å². The summed E-state index contributed by atoms with van der Waals surface area (Å²) in [6.07, 6.45) is 0. The van der Waals surface area contributed by atoms with Crippen molar-refractivity contribution in [3.8, 4) is 5.75 Å². The standard InChI is InChI=1S/C21H18Cl2N4O4S2/c1-31-19-9-2-12(20(28)25-14-5-8-16(22)17(23)11-14)10-18(19)27-21(32)26-13-3-6-15(7-4-13)33(24,29)30/h2-11H,1H3,(H,25,28)(H2,24,29,30)(H2,26,27,32). The van der Waals surface area contributed by atoms with Crippen molar-refractivity contribution in [3.05, 3.63) is 76.3 Å². The van der Waals surface area contributed by atoms with E-state index in [-0.39, 0.29) is 15.9 Å². The summed E-state index contributed by atoms with van der Waals surface area (Å²) in [6.45, 7) is 0. The van der Waals surface area contributed by atoms with Crippen molar-refractivity contribution in [2.24, 2.45) is 5.14 Å². The SMILES string of the molecule is COc1ccc(C(=O)Nc2ccc(Cl)c(Cl)c2)cc1NC(=S)Nc1ccc(S(N)(=O)=O)cc1. The zero-order chi connectivity index (χ0) is 24.2. The summed E-state index contributed by atoms with van der Waals surface area (Å²) in [4.78, 5) is 12.7. The molecule has 3 aromatic rings. The topological polar surface area (TPSA) is 123 Å². The number of anilines is 3. The lowest BCUT2D eigenvalue weighted by Gasteiger charge is -2.15. The van der Waals surface area contributed by atoms with Gasteiger partial charge in [-0.1, -0.05) is 23.2 Å². The van der Waals surface area contributed by atoms with Crippen LogP contribution < -0.4 is 25.8 Å². The quantitative estimate of drug-likeness (QED) is 0.344. The van der Waals surface area contributed by atoms with Crippen LogP contribution in [0.2, 0.25) is 10.0 Å². The number of primary sulfonamides is 1. The minimum absolute atomic E-state index is 0.0192. The highest BCUT2D eigenvalue weighted by Gasteiger charge is 2.13. The van der Waals surface area contributed by atoms with E-state index in [0.29, 0.717) is 38.4 Å². The second-order valence-corrected chi connectivity index (χ2v) is 9.43. The van der Waals surface area contributed by atoms with Crippen LogP contribution in [-0.4, -0.2) is 26.5 Å². The molecule has 0 aliphatic heterocycles. The number of carbonyl (C=O) groups excluding carboxylic acids is 1. The minimum atomic E-state index is -3.79. The highest BCUT2D eigenvalue weighted by Crippen LogP contribution is 2.28. The van der Waals surface area contributed by atoms with Crippen LogP contribution in [0.25, 0.3) is 0 Å². The van der Waals surface area contributed by atoms with Crippen LogP contribution in [0.15, 0.2) is 65.6 Å². The summed E-state index contributed by atoms with van der Waals surface area (Å²) in [7, 11) is -2.31. The van der Waals surface area contributed by atoms with Crippen molar-refractivity contribution >= 4 is 73.5 Å².